The normalized spacial score (nSPS) is 30.9. The van der Waals surface area contributed by atoms with E-state index in [4.69, 9.17) is 9.47 Å². The minimum atomic E-state index is -0.743. The number of thioether (sulfide) groups is 1. The van der Waals surface area contributed by atoms with Gasteiger partial charge in [-0.15, -0.1) is 24.9 Å². The van der Waals surface area contributed by atoms with E-state index in [0.717, 1.165) is 25.9 Å². The van der Waals surface area contributed by atoms with Gasteiger partial charge in [-0.3, -0.25) is 19.3 Å². The summed E-state index contributed by atoms with van der Waals surface area (Å²) in [6.07, 6.45) is 6.41. The number of esters is 1. The molecule has 0 aromatic heterocycles. The Morgan fingerprint density at radius 3 is 2.67 bits per heavy atom. The minimum Gasteiger partial charge on any atom is -0.465 e. The molecule has 2 amide bonds. The Kier molecular flexibility index (Phi) is 10.2. The average Bonchev–Trinajstić information content (AvgIpc) is 3.57. The number of carbonyl (C=O) groups is 3. The number of likely N-dealkylation sites (tertiary alicyclic amines) is 1. The van der Waals surface area contributed by atoms with Crippen molar-refractivity contribution < 1.29 is 29.0 Å². The highest BCUT2D eigenvalue weighted by atomic mass is 32.2. The lowest BCUT2D eigenvalue weighted by atomic mass is 9.71. The second-order valence-corrected chi connectivity index (χ2v) is 13.0. The number of fused-ring (bicyclic) bond motifs is 1. The Hall–Kier alpha value is -1.88. The van der Waals surface area contributed by atoms with Gasteiger partial charge in [0.1, 0.15) is 6.04 Å². The quantitative estimate of drug-likeness (QED) is 0.195. The van der Waals surface area contributed by atoms with Crippen molar-refractivity contribution in [2.24, 2.45) is 17.8 Å². The third kappa shape index (κ3) is 5.80. The topological polar surface area (TPSA) is 99.6 Å². The summed E-state index contributed by atoms with van der Waals surface area (Å²) < 4.78 is 10.4. The summed E-state index contributed by atoms with van der Waals surface area (Å²) in [5, 5.41) is 10.4. The maximum absolute atomic E-state index is 14.5. The second-order valence-electron chi connectivity index (χ2n) is 11.4. The number of hydrogen-bond acceptors (Lipinski definition) is 8. The van der Waals surface area contributed by atoms with E-state index in [1.54, 1.807) is 33.7 Å². The summed E-state index contributed by atoms with van der Waals surface area (Å²) in [4.78, 5) is 47.8. The van der Waals surface area contributed by atoms with Crippen molar-refractivity contribution in [2.45, 2.75) is 61.6 Å². The molecule has 39 heavy (non-hydrogen) atoms. The molecule has 9 nitrogen and oxygen atoms in total. The fourth-order valence-electron chi connectivity index (χ4n) is 6.82. The van der Waals surface area contributed by atoms with E-state index in [1.165, 1.54) is 0 Å². The van der Waals surface area contributed by atoms with Crippen LogP contribution in [0.15, 0.2) is 25.3 Å². The molecule has 0 aromatic rings. The van der Waals surface area contributed by atoms with E-state index in [9.17, 15) is 19.5 Å². The van der Waals surface area contributed by atoms with Gasteiger partial charge in [0.05, 0.1) is 49.1 Å². The molecule has 4 heterocycles. The third-order valence-electron chi connectivity index (χ3n) is 8.81. The van der Waals surface area contributed by atoms with Crippen LogP contribution in [0.4, 0.5) is 0 Å². The number of morpholine rings is 1. The van der Waals surface area contributed by atoms with Crippen LogP contribution in [0.5, 0.6) is 0 Å². The molecule has 10 heteroatoms. The van der Waals surface area contributed by atoms with Crippen molar-refractivity contribution in [1.29, 1.82) is 0 Å². The lowest BCUT2D eigenvalue weighted by molar-refractivity contribution is -0.155. The van der Waals surface area contributed by atoms with Gasteiger partial charge >= 0.3 is 5.97 Å². The second kappa shape index (κ2) is 13.2. The third-order valence-corrected chi connectivity index (χ3v) is 10.8. The Balaban J connectivity index is 1.63. The van der Waals surface area contributed by atoms with Crippen LogP contribution in [-0.4, -0.2) is 119 Å². The van der Waals surface area contributed by atoms with Crippen LogP contribution >= 0.6 is 11.8 Å². The molecule has 1 spiro atoms. The standard InChI is InChI=1S/C29H45N3O6S/c1-5-7-8-16-38-28(36)23-22-9-10-29(39-22)24(23)26(34)32(21(19-33)20(3)4)25(29)27(35)31(11-6-2)13-12-30-14-17-37-18-15-30/h5-6,20-25,33H,1-2,7-19H2,3-4H3/t21-,22-,23+,24-,25?,29?/m0/s1. The maximum atomic E-state index is 14.5. The molecule has 4 rings (SSSR count). The molecule has 4 aliphatic rings. The maximum Gasteiger partial charge on any atom is 0.310 e. The van der Waals surface area contributed by atoms with Crippen molar-refractivity contribution in [3.8, 4) is 0 Å². The average molecular weight is 564 g/mol. The summed E-state index contributed by atoms with van der Waals surface area (Å²) in [6.45, 7) is 16.2. The number of carbonyl (C=O) groups excluding carboxylic acids is 3. The van der Waals surface area contributed by atoms with Gasteiger partial charge in [-0.05, 0) is 31.6 Å². The number of aliphatic hydroxyl groups excluding tert-OH is 1. The molecule has 0 aromatic carbocycles. The molecule has 4 saturated heterocycles. The van der Waals surface area contributed by atoms with E-state index >= 15 is 0 Å². The highest BCUT2D eigenvalue weighted by Crippen LogP contribution is 2.67. The van der Waals surface area contributed by atoms with E-state index in [2.05, 4.69) is 18.1 Å². The molecule has 0 radical (unpaired) electrons. The van der Waals surface area contributed by atoms with Crippen molar-refractivity contribution in [2.75, 3.05) is 59.2 Å². The lowest BCUT2D eigenvalue weighted by Gasteiger charge is -2.41. The highest BCUT2D eigenvalue weighted by Gasteiger charge is 2.74. The van der Waals surface area contributed by atoms with E-state index in [1.807, 2.05) is 13.8 Å². The number of aliphatic hydroxyl groups is 1. The molecule has 4 aliphatic heterocycles. The minimum absolute atomic E-state index is 0.0452. The van der Waals surface area contributed by atoms with Crippen LogP contribution in [0.25, 0.3) is 0 Å². The predicted molar refractivity (Wildman–Crippen MR) is 151 cm³/mol. The predicted octanol–water partition coefficient (Wildman–Crippen LogP) is 1.95. The highest BCUT2D eigenvalue weighted by molar-refractivity contribution is 8.02. The Labute approximate surface area is 236 Å². The molecule has 1 N–H and O–H groups in total. The van der Waals surface area contributed by atoms with Gasteiger partial charge in [-0.1, -0.05) is 26.0 Å². The zero-order chi connectivity index (χ0) is 28.2. The fraction of sp³-hybridized carbons (Fsp3) is 0.759. The SMILES string of the molecule is C=CCCCOC(=O)[C@@H]1[C@@H]2CCC3(S2)C(C(=O)N(CC=C)CCN2CCOCC2)N([C@@H](CO)C(C)C)C(=O)[C@H]13. The molecule has 0 aliphatic carbocycles. The van der Waals surface area contributed by atoms with Gasteiger partial charge in [-0.2, -0.15) is 0 Å². The van der Waals surface area contributed by atoms with Gasteiger partial charge in [0.25, 0.3) is 0 Å². The molecular formula is C29H45N3O6S. The van der Waals surface area contributed by atoms with Crippen molar-refractivity contribution in [1.82, 2.24) is 14.7 Å². The van der Waals surface area contributed by atoms with Crippen LogP contribution < -0.4 is 0 Å². The summed E-state index contributed by atoms with van der Waals surface area (Å²) in [6, 6.07) is -1.26. The van der Waals surface area contributed by atoms with Gasteiger partial charge in [0.15, 0.2) is 0 Å². The summed E-state index contributed by atoms with van der Waals surface area (Å²) in [5.41, 5.74) is 0. The zero-order valence-corrected chi connectivity index (χ0v) is 24.3. The van der Waals surface area contributed by atoms with Gasteiger partial charge in [-0.25, -0.2) is 0 Å². The monoisotopic (exact) mass is 563 g/mol. The molecule has 6 atom stereocenters. The number of nitrogens with zero attached hydrogens (tertiary/aromatic N) is 3. The van der Waals surface area contributed by atoms with Crippen LogP contribution in [0.2, 0.25) is 0 Å². The van der Waals surface area contributed by atoms with E-state index in [-0.39, 0.29) is 35.6 Å². The molecule has 0 saturated carbocycles. The van der Waals surface area contributed by atoms with Gasteiger partial charge in [0, 0.05) is 38.0 Å². The first kappa shape index (κ1) is 30.1. The van der Waals surface area contributed by atoms with E-state index in [0.29, 0.717) is 52.3 Å². The van der Waals surface area contributed by atoms with Crippen molar-refractivity contribution in [3.63, 3.8) is 0 Å². The first-order valence-electron chi connectivity index (χ1n) is 14.4. The molecule has 4 fully saturated rings. The van der Waals surface area contributed by atoms with Gasteiger partial charge < -0.3 is 24.4 Å². The van der Waals surface area contributed by atoms with Gasteiger partial charge in [0.2, 0.25) is 11.8 Å². The zero-order valence-electron chi connectivity index (χ0n) is 23.5. The smallest absolute Gasteiger partial charge is 0.310 e. The fourth-order valence-corrected chi connectivity index (χ4v) is 9.01. The largest absolute Gasteiger partial charge is 0.465 e. The number of allylic oxidation sites excluding steroid dienone is 1. The molecule has 2 bridgehead atoms. The number of rotatable bonds is 14. The molecule has 2 unspecified atom stereocenters. The first-order valence-corrected chi connectivity index (χ1v) is 15.3. The Bertz CT molecular complexity index is 925. The molecule has 218 valence electrons. The summed E-state index contributed by atoms with van der Waals surface area (Å²) >= 11 is 1.63. The number of amides is 2. The Morgan fingerprint density at radius 1 is 1.28 bits per heavy atom. The van der Waals surface area contributed by atoms with Crippen LogP contribution in [-0.2, 0) is 23.9 Å². The number of unbranched alkanes of at least 4 members (excludes halogenated alkanes) is 1. The van der Waals surface area contributed by atoms with Crippen LogP contribution in [0.3, 0.4) is 0 Å². The van der Waals surface area contributed by atoms with Crippen molar-refractivity contribution in [3.05, 3.63) is 25.3 Å². The van der Waals surface area contributed by atoms with E-state index < -0.39 is 28.7 Å². The first-order chi connectivity index (χ1) is 18.8. The number of hydrogen-bond donors (Lipinski definition) is 1. The lowest BCUT2D eigenvalue weighted by Crippen LogP contribution is -2.59. The van der Waals surface area contributed by atoms with Crippen LogP contribution in [0.1, 0.15) is 39.5 Å². The summed E-state index contributed by atoms with van der Waals surface area (Å²) in [5.74, 6) is -1.92. The number of ether oxygens (including phenoxy) is 2. The van der Waals surface area contributed by atoms with Crippen molar-refractivity contribution >= 4 is 29.5 Å². The Morgan fingerprint density at radius 2 is 2.03 bits per heavy atom. The molecular weight excluding hydrogens is 518 g/mol. The summed E-state index contributed by atoms with van der Waals surface area (Å²) in [7, 11) is 0. The van der Waals surface area contributed by atoms with Crippen LogP contribution in [0, 0.1) is 17.8 Å².